The summed E-state index contributed by atoms with van der Waals surface area (Å²) in [6.07, 6.45) is 6.01. The Labute approximate surface area is 127 Å². The number of hydrogen-bond acceptors (Lipinski definition) is 4. The van der Waals surface area contributed by atoms with Crippen LogP contribution in [0.4, 0.5) is 0 Å². The molecule has 0 saturated heterocycles. The quantitative estimate of drug-likeness (QED) is 0.316. The van der Waals surface area contributed by atoms with Gasteiger partial charge in [-0.2, -0.15) is 0 Å². The first-order valence-electron chi connectivity index (χ1n) is 6.08. The van der Waals surface area contributed by atoms with Crippen LogP contribution in [0, 0.1) is 0 Å². The second kappa shape index (κ2) is 11.9. The van der Waals surface area contributed by atoms with Gasteiger partial charge in [-0.3, -0.25) is 0 Å². The van der Waals surface area contributed by atoms with Crippen LogP contribution in [0.3, 0.4) is 0 Å². The first-order valence-corrected chi connectivity index (χ1v) is 7.55. The van der Waals surface area contributed by atoms with Gasteiger partial charge >= 0.3 is 29.6 Å². The molecule has 1 N–H and O–H groups in total. The van der Waals surface area contributed by atoms with Crippen molar-refractivity contribution in [2.45, 2.75) is 63.5 Å². The molecular formula is C11H23NaO4S. The first kappa shape index (κ1) is 20.2. The molecule has 0 saturated carbocycles. The summed E-state index contributed by atoms with van der Waals surface area (Å²) in [7, 11) is -4.16. The number of unbranched alkanes of at least 4 members (excludes halogenated alkanes) is 4. The van der Waals surface area contributed by atoms with Crippen molar-refractivity contribution in [1.82, 2.24) is 0 Å². The van der Waals surface area contributed by atoms with E-state index < -0.39 is 15.4 Å². The van der Waals surface area contributed by atoms with Crippen molar-refractivity contribution in [2.75, 3.05) is 6.61 Å². The summed E-state index contributed by atoms with van der Waals surface area (Å²) < 4.78 is 32.9. The van der Waals surface area contributed by atoms with Crippen molar-refractivity contribution in [3.63, 3.8) is 0 Å². The minimum absolute atomic E-state index is 0. The van der Waals surface area contributed by atoms with E-state index >= 15 is 0 Å². The summed E-state index contributed by atoms with van der Waals surface area (Å²) >= 11 is 0. The molecule has 0 aliphatic heterocycles. The molecule has 0 amide bonds. The first-order chi connectivity index (χ1) is 7.52. The standard InChI is InChI=1S/C11H24O4S.Na/c1-2-3-4-5-8-11(16(13,14)15)9-6-7-10-12;/h11-12H,2-10H2,1H3,(H,13,14,15);/q;+1/p-1. The minimum atomic E-state index is -4.16. The Morgan fingerprint density at radius 2 is 1.59 bits per heavy atom. The maximum absolute atomic E-state index is 11.0. The Kier molecular flexibility index (Phi) is 14.2. The van der Waals surface area contributed by atoms with E-state index in [-0.39, 0.29) is 36.2 Å². The molecule has 0 aliphatic rings. The molecule has 4 nitrogen and oxygen atoms in total. The third-order valence-electron chi connectivity index (χ3n) is 2.72. The maximum Gasteiger partial charge on any atom is 1.00 e. The van der Waals surface area contributed by atoms with Crippen LogP contribution < -0.4 is 29.6 Å². The Hall–Kier alpha value is 0.870. The molecule has 0 aromatic heterocycles. The van der Waals surface area contributed by atoms with Crippen LogP contribution in [0.25, 0.3) is 0 Å². The van der Waals surface area contributed by atoms with E-state index in [4.69, 9.17) is 5.11 Å². The largest absolute Gasteiger partial charge is 1.00 e. The van der Waals surface area contributed by atoms with Gasteiger partial charge in [0.15, 0.2) is 0 Å². The summed E-state index contributed by atoms with van der Waals surface area (Å²) in [6.45, 7) is 2.14. The molecule has 1 unspecified atom stereocenters. The SMILES string of the molecule is CCCCCCC(CCCCO)S(=O)(=O)[O-].[Na+]. The van der Waals surface area contributed by atoms with E-state index in [1.54, 1.807) is 0 Å². The molecule has 0 bridgehead atoms. The molecule has 6 heteroatoms. The van der Waals surface area contributed by atoms with Crippen LogP contribution in [-0.4, -0.2) is 29.9 Å². The van der Waals surface area contributed by atoms with Gasteiger partial charge in [0.2, 0.25) is 0 Å². The molecule has 0 aliphatic carbocycles. The van der Waals surface area contributed by atoms with Crippen molar-refractivity contribution in [3.8, 4) is 0 Å². The van der Waals surface area contributed by atoms with Gasteiger partial charge in [0, 0.05) is 11.9 Å². The molecule has 0 aromatic carbocycles. The van der Waals surface area contributed by atoms with Gasteiger partial charge in [0.25, 0.3) is 0 Å². The van der Waals surface area contributed by atoms with Crippen LogP contribution in [-0.2, 0) is 10.1 Å². The van der Waals surface area contributed by atoms with Crippen LogP contribution in [0.2, 0.25) is 0 Å². The fourth-order valence-corrected chi connectivity index (χ4v) is 2.63. The zero-order valence-corrected chi connectivity index (χ0v) is 13.8. The van der Waals surface area contributed by atoms with Gasteiger partial charge in [-0.05, 0) is 25.7 Å². The van der Waals surface area contributed by atoms with Gasteiger partial charge in [0.05, 0.1) is 10.1 Å². The topological polar surface area (TPSA) is 77.4 Å². The Balaban J connectivity index is 0. The smallest absolute Gasteiger partial charge is 0.748 e. The summed E-state index contributed by atoms with van der Waals surface area (Å²) in [5, 5.41) is 7.85. The number of hydrogen-bond donors (Lipinski definition) is 1. The number of aliphatic hydroxyl groups is 1. The van der Waals surface area contributed by atoms with Crippen LogP contribution in [0.1, 0.15) is 58.3 Å². The third kappa shape index (κ3) is 11.7. The van der Waals surface area contributed by atoms with Crippen molar-refractivity contribution < 1.29 is 47.6 Å². The number of aliphatic hydroxyl groups excluding tert-OH is 1. The Morgan fingerprint density at radius 1 is 1.06 bits per heavy atom. The van der Waals surface area contributed by atoms with E-state index in [2.05, 4.69) is 6.92 Å². The van der Waals surface area contributed by atoms with Crippen molar-refractivity contribution in [3.05, 3.63) is 0 Å². The van der Waals surface area contributed by atoms with Gasteiger partial charge in [-0.15, -0.1) is 0 Å². The van der Waals surface area contributed by atoms with Crippen molar-refractivity contribution in [1.29, 1.82) is 0 Å². The van der Waals surface area contributed by atoms with Crippen molar-refractivity contribution >= 4 is 10.1 Å². The van der Waals surface area contributed by atoms with Crippen LogP contribution in [0.5, 0.6) is 0 Å². The summed E-state index contributed by atoms with van der Waals surface area (Å²) in [4.78, 5) is 0. The van der Waals surface area contributed by atoms with Crippen LogP contribution >= 0.6 is 0 Å². The molecule has 0 aromatic rings. The average molecular weight is 274 g/mol. The summed E-state index contributed by atoms with van der Waals surface area (Å²) in [6, 6.07) is 0. The molecule has 0 rings (SSSR count). The predicted octanol–water partition coefficient (Wildman–Crippen LogP) is -0.963. The molecule has 0 fully saturated rings. The predicted molar refractivity (Wildman–Crippen MR) is 63.2 cm³/mol. The maximum atomic E-state index is 11.0. The van der Waals surface area contributed by atoms with Crippen molar-refractivity contribution in [2.24, 2.45) is 0 Å². The molecule has 1 atom stereocenters. The summed E-state index contributed by atoms with van der Waals surface area (Å²) in [5.74, 6) is 0. The molecule has 0 heterocycles. The van der Waals surface area contributed by atoms with E-state index in [9.17, 15) is 13.0 Å². The fraction of sp³-hybridized carbons (Fsp3) is 1.00. The monoisotopic (exact) mass is 274 g/mol. The number of rotatable bonds is 10. The molecule has 0 radical (unpaired) electrons. The second-order valence-corrected chi connectivity index (χ2v) is 5.84. The zero-order valence-electron chi connectivity index (χ0n) is 11.0. The van der Waals surface area contributed by atoms with E-state index in [0.717, 1.165) is 25.7 Å². The molecule has 0 spiro atoms. The van der Waals surface area contributed by atoms with E-state index in [0.29, 0.717) is 25.7 Å². The molecular weight excluding hydrogens is 251 g/mol. The fourth-order valence-electron chi connectivity index (χ4n) is 1.72. The zero-order chi connectivity index (χ0) is 12.4. The minimum Gasteiger partial charge on any atom is -0.748 e. The average Bonchev–Trinajstić information content (AvgIpc) is 2.20. The van der Waals surface area contributed by atoms with Gasteiger partial charge in [0.1, 0.15) is 0 Å². The summed E-state index contributed by atoms with van der Waals surface area (Å²) in [5.41, 5.74) is 0. The normalized spacial score (nSPS) is 13.1. The molecule has 98 valence electrons. The van der Waals surface area contributed by atoms with E-state index in [1.807, 2.05) is 0 Å². The van der Waals surface area contributed by atoms with E-state index in [1.165, 1.54) is 0 Å². The van der Waals surface area contributed by atoms with Gasteiger partial charge in [-0.25, -0.2) is 8.42 Å². The molecule has 17 heavy (non-hydrogen) atoms. The third-order valence-corrected chi connectivity index (χ3v) is 4.01. The Morgan fingerprint density at radius 3 is 2.00 bits per heavy atom. The Bertz CT molecular complexity index is 254. The van der Waals surface area contributed by atoms with Gasteiger partial charge in [-0.1, -0.05) is 32.6 Å². The van der Waals surface area contributed by atoms with Gasteiger partial charge < -0.3 is 9.66 Å². The second-order valence-electron chi connectivity index (χ2n) is 4.18. The van der Waals surface area contributed by atoms with Crippen LogP contribution in [0.15, 0.2) is 0 Å².